The third kappa shape index (κ3) is 6.62. The van der Waals surface area contributed by atoms with E-state index in [1.165, 1.54) is 25.1 Å². The summed E-state index contributed by atoms with van der Waals surface area (Å²) in [7, 11) is 2.00. The average molecular weight is 547 g/mol. The van der Waals surface area contributed by atoms with Crippen molar-refractivity contribution in [3.63, 3.8) is 0 Å². The number of allylic oxidation sites excluding steroid dienone is 1. The fraction of sp³-hybridized carbons (Fsp3) is 0.375. The minimum atomic E-state index is -1.66. The molecule has 1 saturated heterocycles. The molecule has 208 valence electrons. The average Bonchev–Trinajstić information content (AvgIpc) is 2.84. The van der Waals surface area contributed by atoms with Crippen LogP contribution in [0.5, 0.6) is 11.6 Å². The molecule has 2 unspecified atom stereocenters. The number of likely N-dealkylation sites (tertiary alicyclic amines) is 1. The topological polar surface area (TPSA) is 211 Å². The number of carboxylic acid groups (broad SMARTS) is 2. The molecule has 0 radical (unpaired) electrons. The summed E-state index contributed by atoms with van der Waals surface area (Å²) in [6, 6.07) is 3.83. The molecule has 15 heteroatoms. The quantitative estimate of drug-likeness (QED) is 0.224. The number of halogens is 1. The fourth-order valence-corrected chi connectivity index (χ4v) is 4.34. The lowest BCUT2D eigenvalue weighted by atomic mass is 9.64. The molecule has 2 aromatic rings. The number of nitro benzene ring substituents is 1. The molecule has 2 aliphatic rings. The highest BCUT2D eigenvalue weighted by Gasteiger charge is 2.51. The van der Waals surface area contributed by atoms with Crippen molar-refractivity contribution >= 4 is 23.7 Å². The summed E-state index contributed by atoms with van der Waals surface area (Å²) in [5.41, 5.74) is 1.34. The van der Waals surface area contributed by atoms with Crippen molar-refractivity contribution in [1.82, 2.24) is 20.2 Å². The van der Waals surface area contributed by atoms with Crippen LogP contribution in [0.25, 0.3) is 0 Å². The van der Waals surface area contributed by atoms with Gasteiger partial charge in [-0.2, -0.15) is 0 Å². The highest BCUT2D eigenvalue weighted by molar-refractivity contribution is 5.85. The maximum Gasteiger partial charge on any atom is 0.316 e. The number of benzene rings is 1. The highest BCUT2D eigenvalue weighted by Crippen LogP contribution is 2.45. The number of aromatic nitrogens is 2. The summed E-state index contributed by atoms with van der Waals surface area (Å²) in [5.74, 6) is -4.00. The first-order valence-corrected chi connectivity index (χ1v) is 11.6. The second kappa shape index (κ2) is 11.4. The number of likely N-dealkylation sites (N-methyl/N-ethyl adjacent to an activating group) is 1. The Kier molecular flexibility index (Phi) is 8.44. The summed E-state index contributed by atoms with van der Waals surface area (Å²) in [6.45, 7) is 3.25. The maximum atomic E-state index is 14.1. The molecule has 1 fully saturated rings. The predicted molar refractivity (Wildman–Crippen MR) is 133 cm³/mol. The molecule has 0 saturated carbocycles. The molecular weight excluding hydrogens is 519 g/mol. The second-order valence-electron chi connectivity index (χ2n) is 9.54. The number of ether oxygens (including phenoxy) is 1. The van der Waals surface area contributed by atoms with Gasteiger partial charge in [0.1, 0.15) is 11.7 Å². The van der Waals surface area contributed by atoms with E-state index in [0.29, 0.717) is 6.07 Å². The van der Waals surface area contributed by atoms with E-state index in [9.17, 15) is 39.1 Å². The fourth-order valence-electron chi connectivity index (χ4n) is 4.34. The Morgan fingerprint density at radius 2 is 1.92 bits per heavy atom. The Morgan fingerprint density at radius 3 is 2.46 bits per heavy atom. The van der Waals surface area contributed by atoms with Crippen LogP contribution in [0.3, 0.4) is 0 Å². The first-order valence-electron chi connectivity index (χ1n) is 11.6. The predicted octanol–water partition coefficient (Wildman–Crippen LogP) is 2.05. The molecule has 2 amide bonds. The van der Waals surface area contributed by atoms with Gasteiger partial charge in [-0.1, -0.05) is 12.2 Å². The molecule has 0 spiro atoms. The summed E-state index contributed by atoms with van der Waals surface area (Å²) < 4.78 is 19.4. The van der Waals surface area contributed by atoms with Gasteiger partial charge in [-0.15, -0.1) is 0 Å². The molecule has 0 bridgehead atoms. The molecule has 2 heterocycles. The maximum absolute atomic E-state index is 14.1. The molecule has 39 heavy (non-hydrogen) atoms. The van der Waals surface area contributed by atoms with Gasteiger partial charge in [0.05, 0.1) is 28.1 Å². The second-order valence-corrected chi connectivity index (χ2v) is 9.54. The number of hydrogen-bond donors (Lipinski definition) is 4. The summed E-state index contributed by atoms with van der Waals surface area (Å²) in [6.07, 6.45) is 3.68. The lowest BCUT2D eigenvalue weighted by Gasteiger charge is -2.37. The van der Waals surface area contributed by atoms with Crippen LogP contribution < -0.4 is 15.8 Å². The number of carbonyl (C=O) groups excluding carboxylic acids is 1. The van der Waals surface area contributed by atoms with E-state index in [0.717, 1.165) is 31.5 Å². The number of hydrogen-bond acceptors (Lipinski definition) is 9. The number of primary amides is 1. The molecule has 1 aromatic carbocycles. The zero-order valence-electron chi connectivity index (χ0n) is 21.0. The number of amides is 2. The molecule has 2 atom stereocenters. The van der Waals surface area contributed by atoms with Crippen molar-refractivity contribution in [1.29, 1.82) is 0 Å². The number of carboxylic acids is 2. The van der Waals surface area contributed by atoms with Crippen LogP contribution in [0.2, 0.25) is 0 Å². The van der Waals surface area contributed by atoms with Crippen molar-refractivity contribution in [3.05, 3.63) is 64.4 Å². The Bertz CT molecular complexity index is 1320. The van der Waals surface area contributed by atoms with Crippen LogP contribution >= 0.6 is 0 Å². The van der Waals surface area contributed by atoms with Crippen molar-refractivity contribution < 1.29 is 38.6 Å². The number of nitrogens with one attached hydrogen (secondary N) is 1. The van der Waals surface area contributed by atoms with E-state index in [1.807, 2.05) is 7.05 Å². The van der Waals surface area contributed by atoms with Crippen molar-refractivity contribution in [3.8, 4) is 11.6 Å². The van der Waals surface area contributed by atoms with E-state index in [2.05, 4.69) is 20.2 Å². The van der Waals surface area contributed by atoms with E-state index in [1.54, 1.807) is 0 Å². The largest absolute Gasteiger partial charge is 0.481 e. The zero-order chi connectivity index (χ0) is 29.0. The molecular formula is C24H27FN6O8. The Labute approximate surface area is 221 Å². The van der Waals surface area contributed by atoms with Gasteiger partial charge in [0.25, 0.3) is 5.69 Å². The standard InChI is InChI=1S/C19H16FN3O7.C5H11N3O/c1-18(16(24)25)5-2-6-19(9-18,17(26)27)14-8-15(22-10-21-14)30-13-4-3-11(23(28)29)7-12(13)20;1-8-2-4(3-8)7-5(6)9/h2-5,7-8,10H,6,9H2,1H3,(H,24,25)(H,26,27);4H,2-3H2,1H3,(H3,6,7,9). The van der Waals surface area contributed by atoms with Crippen molar-refractivity contribution in [2.45, 2.75) is 31.2 Å². The Balaban J connectivity index is 0.000000395. The van der Waals surface area contributed by atoms with Gasteiger partial charge in [-0.05, 0) is 32.9 Å². The van der Waals surface area contributed by atoms with Crippen LogP contribution in [0, 0.1) is 21.3 Å². The van der Waals surface area contributed by atoms with E-state index in [-0.39, 0.29) is 36.2 Å². The first kappa shape index (κ1) is 28.9. The molecule has 1 aromatic heterocycles. The number of nitrogens with two attached hydrogens (primary N) is 1. The molecule has 4 rings (SSSR count). The number of nitrogens with zero attached hydrogens (tertiary/aromatic N) is 4. The van der Waals surface area contributed by atoms with Crippen LogP contribution in [-0.4, -0.2) is 74.2 Å². The molecule has 1 aliphatic heterocycles. The van der Waals surface area contributed by atoms with Crippen LogP contribution in [0.15, 0.2) is 42.7 Å². The number of carbonyl (C=O) groups is 3. The van der Waals surface area contributed by atoms with Gasteiger partial charge < -0.3 is 30.9 Å². The normalized spacial score (nSPS) is 22.5. The molecule has 5 N–H and O–H groups in total. The third-order valence-electron chi connectivity index (χ3n) is 6.40. The van der Waals surface area contributed by atoms with Gasteiger partial charge in [0, 0.05) is 25.2 Å². The molecule has 1 aliphatic carbocycles. The van der Waals surface area contributed by atoms with Crippen LogP contribution in [0.4, 0.5) is 14.9 Å². The number of aliphatic carboxylic acids is 2. The monoisotopic (exact) mass is 546 g/mol. The Morgan fingerprint density at radius 1 is 1.23 bits per heavy atom. The van der Waals surface area contributed by atoms with Gasteiger partial charge >= 0.3 is 18.0 Å². The third-order valence-corrected chi connectivity index (χ3v) is 6.40. The minimum Gasteiger partial charge on any atom is -0.481 e. The zero-order valence-corrected chi connectivity index (χ0v) is 21.0. The van der Waals surface area contributed by atoms with E-state index in [4.69, 9.17) is 10.5 Å². The number of non-ortho nitro benzene ring substituents is 1. The molecule has 14 nitrogen and oxygen atoms in total. The lowest BCUT2D eigenvalue weighted by Crippen LogP contribution is -2.58. The van der Waals surface area contributed by atoms with Crippen LogP contribution in [-0.2, 0) is 15.0 Å². The number of nitro groups is 1. The van der Waals surface area contributed by atoms with E-state index < -0.39 is 45.2 Å². The van der Waals surface area contributed by atoms with Crippen molar-refractivity contribution in [2.24, 2.45) is 11.1 Å². The minimum absolute atomic E-state index is 0.000792. The van der Waals surface area contributed by atoms with Gasteiger partial charge in [-0.25, -0.2) is 19.2 Å². The summed E-state index contributed by atoms with van der Waals surface area (Å²) >= 11 is 0. The van der Waals surface area contributed by atoms with Gasteiger partial charge in [0.2, 0.25) is 5.88 Å². The highest BCUT2D eigenvalue weighted by atomic mass is 19.1. The first-order chi connectivity index (χ1) is 18.3. The van der Waals surface area contributed by atoms with Crippen LogP contribution in [0.1, 0.15) is 25.5 Å². The Hall–Kier alpha value is -4.66. The van der Waals surface area contributed by atoms with Crippen molar-refractivity contribution in [2.75, 3.05) is 20.1 Å². The number of urea groups is 1. The van der Waals surface area contributed by atoms with Gasteiger partial charge in [0.15, 0.2) is 11.6 Å². The van der Waals surface area contributed by atoms with E-state index >= 15 is 0 Å². The summed E-state index contributed by atoms with van der Waals surface area (Å²) in [4.78, 5) is 53.9. The SMILES string of the molecule is CC1(C(=O)O)C=CCC(C(=O)O)(c2cc(Oc3ccc([N+](=O)[O-])cc3F)ncn2)C1.CN1CC(NC(N)=O)C1. The van der Waals surface area contributed by atoms with Gasteiger partial charge in [-0.3, -0.25) is 19.7 Å². The summed E-state index contributed by atoms with van der Waals surface area (Å²) in [5, 5.41) is 32.7. The lowest BCUT2D eigenvalue weighted by molar-refractivity contribution is -0.385. The smallest absolute Gasteiger partial charge is 0.316 e. The number of rotatable bonds is 7.